The van der Waals surface area contributed by atoms with E-state index in [-0.39, 0.29) is 12.1 Å². The van der Waals surface area contributed by atoms with Gasteiger partial charge in [-0.15, -0.1) is 0 Å². The summed E-state index contributed by atoms with van der Waals surface area (Å²) in [5, 5.41) is 0. The number of fused-ring (bicyclic) bond motifs is 1. The standard InChI is InChI=1S/C25H26N2O2S/c1-3-23(19-12-6-4-7-13-19)27-24-17-11-10-16-21(24)18-22(26-30(2,28)29)25(27)20-14-8-5-9-15-20/h4-18,23,25-26H,3H2,1-2H3. The summed E-state index contributed by atoms with van der Waals surface area (Å²) in [7, 11) is -3.43. The normalized spacial score (nSPS) is 17.1. The van der Waals surface area contributed by atoms with Crippen molar-refractivity contribution in [3.05, 3.63) is 107 Å². The minimum Gasteiger partial charge on any atom is -0.351 e. The number of rotatable bonds is 6. The molecule has 0 spiro atoms. The lowest BCUT2D eigenvalue weighted by atomic mass is 9.90. The maximum absolute atomic E-state index is 12.2. The van der Waals surface area contributed by atoms with Crippen LogP contribution in [0.25, 0.3) is 6.08 Å². The molecule has 0 aliphatic carbocycles. The molecule has 0 saturated heterocycles. The Morgan fingerprint density at radius 1 is 0.900 bits per heavy atom. The molecule has 0 amide bonds. The van der Waals surface area contributed by atoms with Crippen LogP contribution in [0.2, 0.25) is 0 Å². The SMILES string of the molecule is CCC(c1ccccc1)N1c2ccccc2C=C(NS(C)(=O)=O)C1c1ccccc1. The summed E-state index contributed by atoms with van der Waals surface area (Å²) in [5.74, 6) is 0. The second kappa shape index (κ2) is 8.36. The Labute approximate surface area is 178 Å². The number of hydrogen-bond donors (Lipinski definition) is 1. The molecule has 0 bridgehead atoms. The first-order valence-corrected chi connectivity index (χ1v) is 12.0. The summed E-state index contributed by atoms with van der Waals surface area (Å²) in [5.41, 5.74) is 5.02. The van der Waals surface area contributed by atoms with Crippen molar-refractivity contribution < 1.29 is 8.42 Å². The third-order valence-corrected chi connectivity index (χ3v) is 6.03. The van der Waals surface area contributed by atoms with E-state index in [2.05, 4.69) is 59.0 Å². The molecule has 3 aromatic rings. The van der Waals surface area contributed by atoms with Crippen LogP contribution < -0.4 is 9.62 Å². The first-order valence-electron chi connectivity index (χ1n) is 10.1. The van der Waals surface area contributed by atoms with Crippen molar-refractivity contribution in [2.24, 2.45) is 0 Å². The maximum atomic E-state index is 12.2. The van der Waals surface area contributed by atoms with E-state index in [1.165, 1.54) is 11.8 Å². The van der Waals surface area contributed by atoms with Gasteiger partial charge >= 0.3 is 0 Å². The number of hydrogen-bond acceptors (Lipinski definition) is 3. The molecule has 0 radical (unpaired) electrons. The van der Waals surface area contributed by atoms with Crippen molar-refractivity contribution >= 4 is 21.8 Å². The van der Waals surface area contributed by atoms with E-state index in [4.69, 9.17) is 0 Å². The first kappa shape index (κ1) is 20.2. The van der Waals surface area contributed by atoms with E-state index in [0.717, 1.165) is 23.2 Å². The van der Waals surface area contributed by atoms with Crippen LogP contribution in [-0.4, -0.2) is 14.7 Å². The smallest absolute Gasteiger partial charge is 0.229 e. The second-order valence-electron chi connectivity index (χ2n) is 7.59. The van der Waals surface area contributed by atoms with Gasteiger partial charge in [-0.2, -0.15) is 0 Å². The van der Waals surface area contributed by atoms with Crippen LogP contribution in [0.4, 0.5) is 5.69 Å². The summed E-state index contributed by atoms with van der Waals surface area (Å²) >= 11 is 0. The van der Waals surface area contributed by atoms with E-state index in [1.54, 1.807) is 0 Å². The number of para-hydroxylation sites is 1. The minimum atomic E-state index is -3.43. The van der Waals surface area contributed by atoms with Crippen LogP contribution in [-0.2, 0) is 10.0 Å². The molecular weight excluding hydrogens is 392 g/mol. The molecule has 1 heterocycles. The second-order valence-corrected chi connectivity index (χ2v) is 9.34. The van der Waals surface area contributed by atoms with Crippen LogP contribution in [0.15, 0.2) is 90.6 Å². The fraction of sp³-hybridized carbons (Fsp3) is 0.200. The number of nitrogens with zero attached hydrogens (tertiary/aromatic N) is 1. The fourth-order valence-corrected chi connectivity index (χ4v) is 4.87. The van der Waals surface area contributed by atoms with Gasteiger partial charge < -0.3 is 4.90 Å². The lowest BCUT2D eigenvalue weighted by molar-refractivity contribution is 0.537. The highest BCUT2D eigenvalue weighted by molar-refractivity contribution is 7.88. The monoisotopic (exact) mass is 418 g/mol. The molecule has 5 heteroatoms. The van der Waals surface area contributed by atoms with E-state index in [1.807, 2.05) is 48.5 Å². The lowest BCUT2D eigenvalue weighted by Gasteiger charge is -2.44. The van der Waals surface area contributed by atoms with Gasteiger partial charge in [-0.3, -0.25) is 4.72 Å². The molecular formula is C25H26N2O2S. The lowest BCUT2D eigenvalue weighted by Crippen LogP contribution is -2.40. The molecule has 4 nitrogen and oxygen atoms in total. The van der Waals surface area contributed by atoms with Gasteiger partial charge in [-0.1, -0.05) is 85.8 Å². The Kier molecular flexibility index (Phi) is 5.64. The molecule has 0 fully saturated rings. The third-order valence-electron chi connectivity index (χ3n) is 5.42. The quantitative estimate of drug-likeness (QED) is 0.592. The number of anilines is 1. The number of sulfonamides is 1. The molecule has 3 aromatic carbocycles. The summed E-state index contributed by atoms with van der Waals surface area (Å²) in [6.07, 6.45) is 4.05. The molecule has 0 saturated carbocycles. The molecule has 1 aliphatic heterocycles. The van der Waals surface area contributed by atoms with E-state index >= 15 is 0 Å². The summed E-state index contributed by atoms with van der Waals surface area (Å²) in [4.78, 5) is 2.35. The Bertz CT molecular complexity index is 1140. The van der Waals surface area contributed by atoms with Gasteiger partial charge in [0.05, 0.1) is 24.0 Å². The molecule has 2 unspecified atom stereocenters. The van der Waals surface area contributed by atoms with Gasteiger partial charge in [0.15, 0.2) is 0 Å². The van der Waals surface area contributed by atoms with Gasteiger partial charge in [-0.25, -0.2) is 8.42 Å². The van der Waals surface area contributed by atoms with Gasteiger partial charge in [0.1, 0.15) is 0 Å². The van der Waals surface area contributed by atoms with Crippen molar-refractivity contribution in [2.75, 3.05) is 11.2 Å². The molecule has 4 rings (SSSR count). The number of nitrogens with one attached hydrogen (secondary N) is 1. The highest BCUT2D eigenvalue weighted by Gasteiger charge is 2.35. The summed E-state index contributed by atoms with van der Waals surface area (Å²) in [6.45, 7) is 2.17. The Hall–Kier alpha value is -3.05. The van der Waals surface area contributed by atoms with E-state index < -0.39 is 10.0 Å². The van der Waals surface area contributed by atoms with Crippen LogP contribution in [0.1, 0.15) is 42.1 Å². The van der Waals surface area contributed by atoms with Gasteiger partial charge in [-0.05, 0) is 35.3 Å². The summed E-state index contributed by atoms with van der Waals surface area (Å²) < 4.78 is 27.3. The van der Waals surface area contributed by atoms with Crippen LogP contribution in [0, 0.1) is 0 Å². The third kappa shape index (κ3) is 4.12. The fourth-order valence-electron chi connectivity index (χ4n) is 4.27. The van der Waals surface area contributed by atoms with Gasteiger partial charge in [0.2, 0.25) is 10.0 Å². The Morgan fingerprint density at radius 3 is 2.13 bits per heavy atom. The van der Waals surface area contributed by atoms with Crippen molar-refractivity contribution in [1.82, 2.24) is 4.72 Å². The van der Waals surface area contributed by atoms with Crippen LogP contribution in [0.5, 0.6) is 0 Å². The largest absolute Gasteiger partial charge is 0.351 e. The predicted molar refractivity (Wildman–Crippen MR) is 124 cm³/mol. The highest BCUT2D eigenvalue weighted by atomic mass is 32.2. The molecule has 1 N–H and O–H groups in total. The van der Waals surface area contributed by atoms with Crippen molar-refractivity contribution in [3.8, 4) is 0 Å². The Balaban J connectivity index is 1.95. The zero-order valence-electron chi connectivity index (χ0n) is 17.2. The molecule has 2 atom stereocenters. The minimum absolute atomic E-state index is 0.0858. The topological polar surface area (TPSA) is 49.4 Å². The number of benzene rings is 3. The summed E-state index contributed by atoms with van der Waals surface area (Å²) in [6, 6.07) is 28.5. The zero-order chi connectivity index (χ0) is 21.1. The molecule has 30 heavy (non-hydrogen) atoms. The average molecular weight is 419 g/mol. The van der Waals surface area contributed by atoms with Crippen LogP contribution in [0.3, 0.4) is 0 Å². The van der Waals surface area contributed by atoms with Crippen molar-refractivity contribution in [2.45, 2.75) is 25.4 Å². The van der Waals surface area contributed by atoms with Crippen LogP contribution >= 0.6 is 0 Å². The highest BCUT2D eigenvalue weighted by Crippen LogP contribution is 2.45. The average Bonchev–Trinajstić information content (AvgIpc) is 2.74. The predicted octanol–water partition coefficient (Wildman–Crippen LogP) is 5.29. The molecule has 1 aliphatic rings. The van der Waals surface area contributed by atoms with Crippen molar-refractivity contribution in [3.63, 3.8) is 0 Å². The van der Waals surface area contributed by atoms with Gasteiger partial charge in [0, 0.05) is 5.69 Å². The Morgan fingerprint density at radius 2 is 1.50 bits per heavy atom. The van der Waals surface area contributed by atoms with E-state index in [9.17, 15) is 8.42 Å². The maximum Gasteiger partial charge on any atom is 0.229 e. The van der Waals surface area contributed by atoms with Gasteiger partial charge in [0.25, 0.3) is 0 Å². The molecule has 154 valence electrons. The zero-order valence-corrected chi connectivity index (χ0v) is 18.0. The molecule has 0 aromatic heterocycles. The van der Waals surface area contributed by atoms with Crippen molar-refractivity contribution in [1.29, 1.82) is 0 Å². The first-order chi connectivity index (χ1) is 14.5. The van der Waals surface area contributed by atoms with E-state index in [0.29, 0.717) is 5.70 Å².